The van der Waals surface area contributed by atoms with E-state index in [9.17, 15) is 14.7 Å². The maximum absolute atomic E-state index is 12.5. The van der Waals surface area contributed by atoms with Gasteiger partial charge in [0.05, 0.1) is 0 Å². The summed E-state index contributed by atoms with van der Waals surface area (Å²) >= 11 is 0. The second-order valence-electron chi connectivity index (χ2n) is 8.00. The molecule has 0 aliphatic rings. The number of ether oxygens (including phenoxy) is 2. The van der Waals surface area contributed by atoms with E-state index in [1.54, 1.807) is 23.1 Å². The molecule has 0 heterocycles. The number of hydrogen-bond acceptors (Lipinski definition) is 4. The summed E-state index contributed by atoms with van der Waals surface area (Å²) in [5.74, 6) is -0.456. The molecule has 6 nitrogen and oxygen atoms in total. The fourth-order valence-electron chi connectivity index (χ4n) is 3.71. The van der Waals surface area contributed by atoms with Gasteiger partial charge in [-0.2, -0.15) is 0 Å². The van der Waals surface area contributed by atoms with E-state index in [-0.39, 0.29) is 5.91 Å². The number of likely N-dealkylation sites (N-methyl/N-ethyl adjacent to an activating group) is 1. The third-order valence-electron chi connectivity index (χ3n) is 5.61. The van der Waals surface area contributed by atoms with Crippen LogP contribution in [-0.4, -0.2) is 41.6 Å². The molecular weight excluding hydrogens is 442 g/mol. The van der Waals surface area contributed by atoms with Crippen molar-refractivity contribution in [3.63, 3.8) is 0 Å². The van der Waals surface area contributed by atoms with Crippen LogP contribution in [-0.2, 0) is 9.59 Å². The molecule has 0 fully saturated rings. The van der Waals surface area contributed by atoms with Gasteiger partial charge in [0.2, 0.25) is 5.91 Å². The van der Waals surface area contributed by atoms with Crippen molar-refractivity contribution < 1.29 is 24.2 Å². The third-order valence-corrected chi connectivity index (χ3v) is 5.61. The Kier molecular flexibility index (Phi) is 9.07. The molecule has 0 aliphatic carbocycles. The number of nitrogens with zero attached hydrogens (tertiary/aromatic N) is 1. The Balaban J connectivity index is 1.98. The Morgan fingerprint density at radius 3 is 1.97 bits per heavy atom. The minimum atomic E-state index is -1.09. The number of amides is 1. The highest BCUT2D eigenvalue weighted by molar-refractivity contribution is 5.95. The number of carbonyl (C=O) groups excluding carboxylic acids is 1. The highest BCUT2D eigenvalue weighted by Crippen LogP contribution is 2.36. The van der Waals surface area contributed by atoms with Crippen LogP contribution in [0.15, 0.2) is 84.9 Å². The van der Waals surface area contributed by atoms with E-state index >= 15 is 0 Å². The topological polar surface area (TPSA) is 76.1 Å². The molecule has 0 saturated heterocycles. The first-order valence-corrected chi connectivity index (χ1v) is 11.7. The normalized spacial score (nSPS) is 11.3. The van der Waals surface area contributed by atoms with Crippen LogP contribution in [0.3, 0.4) is 0 Å². The van der Waals surface area contributed by atoms with Crippen molar-refractivity contribution in [3.05, 3.63) is 102 Å². The molecule has 0 spiro atoms. The van der Waals surface area contributed by atoms with E-state index in [2.05, 4.69) is 0 Å². The van der Waals surface area contributed by atoms with E-state index in [0.717, 1.165) is 22.3 Å². The van der Waals surface area contributed by atoms with E-state index in [1.807, 2.05) is 87.5 Å². The fraction of sp³-hybridized carbons (Fsp3) is 0.241. The Morgan fingerprint density at radius 2 is 1.46 bits per heavy atom. The summed E-state index contributed by atoms with van der Waals surface area (Å²) in [5.41, 5.74) is 3.39. The zero-order valence-electron chi connectivity index (χ0n) is 20.3. The lowest BCUT2D eigenvalue weighted by Gasteiger charge is -2.22. The van der Waals surface area contributed by atoms with Crippen LogP contribution in [0.25, 0.3) is 5.57 Å². The first-order chi connectivity index (χ1) is 16.9. The Hall–Kier alpha value is -4.06. The maximum Gasteiger partial charge on any atom is 0.341 e. The predicted molar refractivity (Wildman–Crippen MR) is 137 cm³/mol. The fourth-order valence-corrected chi connectivity index (χ4v) is 3.71. The lowest BCUT2D eigenvalue weighted by Crippen LogP contribution is -2.28. The monoisotopic (exact) mass is 473 g/mol. The number of hydrogen-bond donors (Lipinski definition) is 1. The summed E-state index contributed by atoms with van der Waals surface area (Å²) in [4.78, 5) is 25.5. The lowest BCUT2D eigenvalue weighted by atomic mass is 10.0. The molecule has 1 amide bonds. The number of benzene rings is 3. The minimum absolute atomic E-state index is 0.0750. The predicted octanol–water partition coefficient (Wildman–Crippen LogP) is 5.59. The standard InChI is InChI=1S/C29H31NO5/c1-4-30(5-2)27(31)18-21(3)24-16-17-25(26(19-24)34-20-28(32)33)35-29(22-12-8-6-9-13-22)23-14-10-7-11-15-23/h6-19,29H,4-5,20H2,1-3H3,(H,32,33). The maximum atomic E-state index is 12.5. The highest BCUT2D eigenvalue weighted by atomic mass is 16.5. The first-order valence-electron chi connectivity index (χ1n) is 11.7. The van der Waals surface area contributed by atoms with Gasteiger partial charge in [-0.1, -0.05) is 66.7 Å². The smallest absolute Gasteiger partial charge is 0.341 e. The average molecular weight is 474 g/mol. The van der Waals surface area contributed by atoms with Gasteiger partial charge < -0.3 is 19.5 Å². The van der Waals surface area contributed by atoms with Crippen molar-refractivity contribution in [2.24, 2.45) is 0 Å². The summed E-state index contributed by atoms with van der Waals surface area (Å²) < 4.78 is 12.0. The van der Waals surface area contributed by atoms with Gasteiger partial charge in [-0.25, -0.2) is 4.79 Å². The van der Waals surface area contributed by atoms with Gasteiger partial charge in [0.25, 0.3) is 0 Å². The zero-order chi connectivity index (χ0) is 25.2. The van der Waals surface area contributed by atoms with Gasteiger partial charge in [-0.3, -0.25) is 4.79 Å². The Bertz CT molecular complexity index is 1110. The average Bonchev–Trinajstić information content (AvgIpc) is 2.88. The Labute approximate surface area is 206 Å². The molecule has 0 atom stereocenters. The molecule has 3 rings (SSSR count). The van der Waals surface area contributed by atoms with E-state index in [4.69, 9.17) is 9.47 Å². The van der Waals surface area contributed by atoms with Crippen LogP contribution in [0.2, 0.25) is 0 Å². The minimum Gasteiger partial charge on any atom is -0.479 e. The number of carboxylic acid groups (broad SMARTS) is 1. The van der Waals surface area contributed by atoms with Crippen molar-refractivity contribution in [1.29, 1.82) is 0 Å². The number of carbonyl (C=O) groups is 2. The van der Waals surface area contributed by atoms with Gasteiger partial charge in [-0.05, 0) is 55.2 Å². The molecule has 6 heteroatoms. The lowest BCUT2D eigenvalue weighted by molar-refractivity contribution is -0.139. The molecule has 0 saturated carbocycles. The quantitative estimate of drug-likeness (QED) is 0.368. The molecule has 0 radical (unpaired) electrons. The first kappa shape index (κ1) is 25.6. The van der Waals surface area contributed by atoms with Crippen LogP contribution < -0.4 is 9.47 Å². The number of carboxylic acids is 1. The zero-order valence-corrected chi connectivity index (χ0v) is 20.3. The van der Waals surface area contributed by atoms with Crippen molar-refractivity contribution in [2.45, 2.75) is 26.9 Å². The molecule has 3 aromatic carbocycles. The van der Waals surface area contributed by atoms with Gasteiger partial charge in [0, 0.05) is 19.2 Å². The molecule has 1 N–H and O–H groups in total. The van der Waals surface area contributed by atoms with Crippen LogP contribution in [0.4, 0.5) is 0 Å². The molecular formula is C29H31NO5. The molecule has 0 unspecified atom stereocenters. The second kappa shape index (κ2) is 12.4. The van der Waals surface area contributed by atoms with E-state index in [0.29, 0.717) is 24.6 Å². The molecule has 0 bridgehead atoms. The van der Waals surface area contributed by atoms with Crippen LogP contribution in [0, 0.1) is 0 Å². The second-order valence-corrected chi connectivity index (χ2v) is 8.00. The Morgan fingerprint density at radius 1 is 0.886 bits per heavy atom. The van der Waals surface area contributed by atoms with E-state index < -0.39 is 18.7 Å². The number of allylic oxidation sites excluding steroid dienone is 1. The largest absolute Gasteiger partial charge is 0.479 e. The summed E-state index contributed by atoms with van der Waals surface area (Å²) in [5, 5.41) is 9.19. The van der Waals surface area contributed by atoms with Crippen molar-refractivity contribution >= 4 is 17.4 Å². The third kappa shape index (κ3) is 6.96. The molecule has 3 aromatic rings. The molecule has 35 heavy (non-hydrogen) atoms. The van der Waals surface area contributed by atoms with Gasteiger partial charge in [-0.15, -0.1) is 0 Å². The summed E-state index contributed by atoms with van der Waals surface area (Å²) in [6, 6.07) is 24.9. The number of rotatable bonds is 11. The highest BCUT2D eigenvalue weighted by Gasteiger charge is 2.19. The van der Waals surface area contributed by atoms with Gasteiger partial charge in [0.1, 0.15) is 6.10 Å². The van der Waals surface area contributed by atoms with Crippen LogP contribution >= 0.6 is 0 Å². The molecule has 0 aromatic heterocycles. The molecule has 0 aliphatic heterocycles. The summed E-state index contributed by atoms with van der Waals surface area (Å²) in [6.07, 6.45) is 1.16. The van der Waals surface area contributed by atoms with Crippen molar-refractivity contribution in [2.75, 3.05) is 19.7 Å². The summed E-state index contributed by atoms with van der Waals surface area (Å²) in [7, 11) is 0. The van der Waals surface area contributed by atoms with Crippen LogP contribution in [0.1, 0.15) is 43.6 Å². The molecule has 182 valence electrons. The van der Waals surface area contributed by atoms with E-state index in [1.165, 1.54) is 0 Å². The number of aliphatic carboxylic acids is 1. The van der Waals surface area contributed by atoms with Gasteiger partial charge >= 0.3 is 5.97 Å². The SMILES string of the molecule is CCN(CC)C(=O)C=C(C)c1ccc(OC(c2ccccc2)c2ccccc2)c(OCC(=O)O)c1. The van der Waals surface area contributed by atoms with Crippen molar-refractivity contribution in [3.8, 4) is 11.5 Å². The van der Waals surface area contributed by atoms with Crippen molar-refractivity contribution in [1.82, 2.24) is 4.90 Å². The summed E-state index contributed by atoms with van der Waals surface area (Å²) in [6.45, 7) is 6.45. The van der Waals surface area contributed by atoms with Crippen LogP contribution in [0.5, 0.6) is 11.5 Å². The van der Waals surface area contributed by atoms with Gasteiger partial charge in [0.15, 0.2) is 18.1 Å².